The molecule has 0 saturated carbocycles. The predicted molar refractivity (Wildman–Crippen MR) is 78.0 cm³/mol. The summed E-state index contributed by atoms with van der Waals surface area (Å²) in [5.74, 6) is 0.143. The molecule has 0 unspecified atom stereocenters. The van der Waals surface area contributed by atoms with Gasteiger partial charge in [-0.2, -0.15) is 0 Å². The van der Waals surface area contributed by atoms with E-state index in [4.69, 9.17) is 10.2 Å². The lowest BCUT2D eigenvalue weighted by atomic mass is 10.1. The van der Waals surface area contributed by atoms with Crippen molar-refractivity contribution in [2.45, 2.75) is 6.42 Å². The summed E-state index contributed by atoms with van der Waals surface area (Å²) in [7, 11) is 0. The molecule has 2 aromatic rings. The van der Waals surface area contributed by atoms with Crippen LogP contribution in [0.1, 0.15) is 5.56 Å². The highest BCUT2D eigenvalue weighted by Crippen LogP contribution is 2.17. The molecule has 0 atom stereocenters. The number of phenols is 1. The van der Waals surface area contributed by atoms with E-state index in [1.807, 2.05) is 18.2 Å². The zero-order chi connectivity index (χ0) is 14.4. The third-order valence-electron chi connectivity index (χ3n) is 2.77. The van der Waals surface area contributed by atoms with Crippen LogP contribution in [0.5, 0.6) is 5.75 Å². The van der Waals surface area contributed by atoms with Gasteiger partial charge in [0.15, 0.2) is 0 Å². The standard InChI is InChI=1S/C15H16N2O3/c18-10-9-11-3-1-2-4-14(11)17-15(20)16-12-5-7-13(19)8-6-12/h1-8,18-19H,9-10H2,(H2,16,17,20). The van der Waals surface area contributed by atoms with Gasteiger partial charge in [0.25, 0.3) is 0 Å². The first-order chi connectivity index (χ1) is 9.69. The van der Waals surface area contributed by atoms with Crippen molar-refractivity contribution in [3.05, 3.63) is 54.1 Å². The fourth-order valence-corrected chi connectivity index (χ4v) is 1.81. The number of anilines is 2. The number of hydrogen-bond donors (Lipinski definition) is 4. The van der Waals surface area contributed by atoms with Gasteiger partial charge in [0.1, 0.15) is 5.75 Å². The number of carbonyl (C=O) groups excluding carboxylic acids is 1. The summed E-state index contributed by atoms with van der Waals surface area (Å²) >= 11 is 0. The number of para-hydroxylation sites is 1. The minimum absolute atomic E-state index is 0.0261. The average Bonchev–Trinajstić information content (AvgIpc) is 2.44. The van der Waals surface area contributed by atoms with Crippen LogP contribution in [0.4, 0.5) is 16.2 Å². The second-order valence-electron chi connectivity index (χ2n) is 4.26. The van der Waals surface area contributed by atoms with E-state index >= 15 is 0 Å². The van der Waals surface area contributed by atoms with E-state index in [9.17, 15) is 4.79 Å². The first-order valence-corrected chi connectivity index (χ1v) is 6.25. The Morgan fingerprint density at radius 3 is 2.40 bits per heavy atom. The number of aliphatic hydroxyl groups excluding tert-OH is 1. The molecule has 0 aliphatic carbocycles. The molecular weight excluding hydrogens is 256 g/mol. The van der Waals surface area contributed by atoms with Gasteiger partial charge in [0.2, 0.25) is 0 Å². The van der Waals surface area contributed by atoms with Crippen LogP contribution in [-0.2, 0) is 6.42 Å². The molecule has 5 nitrogen and oxygen atoms in total. The minimum Gasteiger partial charge on any atom is -0.508 e. The van der Waals surface area contributed by atoms with E-state index in [2.05, 4.69) is 10.6 Å². The van der Waals surface area contributed by atoms with Crippen LogP contribution in [0.2, 0.25) is 0 Å². The molecule has 0 bridgehead atoms. The molecule has 2 aromatic carbocycles. The maximum Gasteiger partial charge on any atom is 0.323 e. The second kappa shape index (κ2) is 6.58. The van der Waals surface area contributed by atoms with Crippen LogP contribution < -0.4 is 10.6 Å². The highest BCUT2D eigenvalue weighted by atomic mass is 16.3. The Morgan fingerprint density at radius 1 is 1.00 bits per heavy atom. The normalized spacial score (nSPS) is 10.1. The summed E-state index contributed by atoms with van der Waals surface area (Å²) in [5.41, 5.74) is 2.12. The number of hydrogen-bond acceptors (Lipinski definition) is 3. The highest BCUT2D eigenvalue weighted by molar-refractivity contribution is 6.00. The topological polar surface area (TPSA) is 81.6 Å². The zero-order valence-electron chi connectivity index (χ0n) is 10.8. The molecule has 20 heavy (non-hydrogen) atoms. The van der Waals surface area contributed by atoms with Crippen molar-refractivity contribution in [1.82, 2.24) is 0 Å². The Balaban J connectivity index is 2.02. The summed E-state index contributed by atoms with van der Waals surface area (Å²) in [5, 5.41) is 23.6. The van der Waals surface area contributed by atoms with E-state index in [-0.39, 0.29) is 18.4 Å². The molecule has 104 valence electrons. The fourth-order valence-electron chi connectivity index (χ4n) is 1.81. The largest absolute Gasteiger partial charge is 0.508 e. The van der Waals surface area contributed by atoms with Crippen LogP contribution in [0, 0.1) is 0 Å². The molecule has 0 aliphatic heterocycles. The Morgan fingerprint density at radius 2 is 1.70 bits per heavy atom. The Bertz CT molecular complexity index is 582. The molecule has 0 fully saturated rings. The number of benzene rings is 2. The van der Waals surface area contributed by atoms with Crippen LogP contribution in [0.3, 0.4) is 0 Å². The molecule has 0 aliphatic rings. The van der Waals surface area contributed by atoms with Crippen molar-refractivity contribution in [2.75, 3.05) is 17.2 Å². The fraction of sp³-hybridized carbons (Fsp3) is 0.133. The SMILES string of the molecule is O=C(Nc1ccc(O)cc1)Nc1ccccc1CCO. The zero-order valence-corrected chi connectivity index (χ0v) is 10.8. The van der Waals surface area contributed by atoms with Crippen molar-refractivity contribution >= 4 is 17.4 Å². The summed E-state index contributed by atoms with van der Waals surface area (Å²) in [6.07, 6.45) is 0.482. The van der Waals surface area contributed by atoms with Gasteiger partial charge in [-0.3, -0.25) is 0 Å². The Labute approximate surface area is 116 Å². The molecule has 4 N–H and O–H groups in total. The van der Waals surface area contributed by atoms with Gasteiger partial charge in [-0.15, -0.1) is 0 Å². The minimum atomic E-state index is -0.374. The monoisotopic (exact) mass is 272 g/mol. The van der Waals surface area contributed by atoms with Crippen molar-refractivity contribution in [3.8, 4) is 5.75 Å². The number of aromatic hydroxyl groups is 1. The van der Waals surface area contributed by atoms with Crippen LogP contribution in [0.25, 0.3) is 0 Å². The lowest BCUT2D eigenvalue weighted by Crippen LogP contribution is -2.20. The molecule has 2 amide bonds. The van der Waals surface area contributed by atoms with E-state index in [0.717, 1.165) is 5.56 Å². The summed E-state index contributed by atoms with van der Waals surface area (Å²) < 4.78 is 0. The molecule has 0 heterocycles. The Hall–Kier alpha value is -2.53. The van der Waals surface area contributed by atoms with E-state index in [1.54, 1.807) is 18.2 Å². The summed E-state index contributed by atoms with van der Waals surface area (Å²) in [4.78, 5) is 11.9. The molecular formula is C15H16N2O3. The first kappa shape index (κ1) is 13.9. The average molecular weight is 272 g/mol. The quantitative estimate of drug-likeness (QED) is 0.646. The van der Waals surface area contributed by atoms with Gasteiger partial charge in [0.05, 0.1) is 0 Å². The second-order valence-corrected chi connectivity index (χ2v) is 4.26. The van der Waals surface area contributed by atoms with Crippen molar-refractivity contribution in [2.24, 2.45) is 0 Å². The maximum atomic E-state index is 11.9. The van der Waals surface area contributed by atoms with Crippen molar-refractivity contribution in [3.63, 3.8) is 0 Å². The van der Waals surface area contributed by atoms with Gasteiger partial charge in [-0.25, -0.2) is 4.79 Å². The summed E-state index contributed by atoms with van der Waals surface area (Å²) in [6, 6.07) is 13.1. The maximum absolute atomic E-state index is 11.9. The van der Waals surface area contributed by atoms with E-state index < -0.39 is 0 Å². The molecule has 0 saturated heterocycles. The van der Waals surface area contributed by atoms with Crippen LogP contribution in [0.15, 0.2) is 48.5 Å². The van der Waals surface area contributed by atoms with Crippen LogP contribution >= 0.6 is 0 Å². The molecule has 0 radical (unpaired) electrons. The number of urea groups is 1. The van der Waals surface area contributed by atoms with Crippen LogP contribution in [-0.4, -0.2) is 22.9 Å². The number of amides is 2. The molecule has 0 aromatic heterocycles. The van der Waals surface area contributed by atoms with Crippen molar-refractivity contribution < 1.29 is 15.0 Å². The molecule has 2 rings (SSSR count). The van der Waals surface area contributed by atoms with Gasteiger partial charge in [0, 0.05) is 18.0 Å². The highest BCUT2D eigenvalue weighted by Gasteiger charge is 2.06. The number of nitrogens with one attached hydrogen (secondary N) is 2. The Kier molecular flexibility index (Phi) is 4.57. The third kappa shape index (κ3) is 3.73. The number of phenolic OH excluding ortho intramolecular Hbond substituents is 1. The number of carbonyl (C=O) groups is 1. The van der Waals surface area contributed by atoms with E-state index in [1.165, 1.54) is 12.1 Å². The lowest BCUT2D eigenvalue weighted by molar-refractivity contribution is 0.262. The van der Waals surface area contributed by atoms with Gasteiger partial charge >= 0.3 is 6.03 Å². The van der Waals surface area contributed by atoms with Crippen molar-refractivity contribution in [1.29, 1.82) is 0 Å². The summed E-state index contributed by atoms with van der Waals surface area (Å²) in [6.45, 7) is 0.0261. The van der Waals surface area contributed by atoms with Gasteiger partial charge < -0.3 is 20.8 Å². The predicted octanol–water partition coefficient (Wildman–Crippen LogP) is 2.57. The molecule has 0 spiro atoms. The number of aliphatic hydroxyl groups is 1. The first-order valence-electron chi connectivity index (χ1n) is 6.25. The molecule has 5 heteroatoms. The smallest absolute Gasteiger partial charge is 0.323 e. The lowest BCUT2D eigenvalue weighted by Gasteiger charge is -2.11. The van der Waals surface area contributed by atoms with Gasteiger partial charge in [-0.1, -0.05) is 18.2 Å². The number of rotatable bonds is 4. The van der Waals surface area contributed by atoms with E-state index in [0.29, 0.717) is 17.8 Å². The third-order valence-corrected chi connectivity index (χ3v) is 2.77. The van der Waals surface area contributed by atoms with Gasteiger partial charge in [-0.05, 0) is 42.3 Å².